The smallest absolute Gasteiger partial charge is 0.308 e. The molecule has 0 spiro atoms. The van der Waals surface area contributed by atoms with E-state index in [1.807, 2.05) is 0 Å². The molecule has 0 heterocycles. The molecule has 1 amide bonds. The lowest BCUT2D eigenvalue weighted by atomic mass is 10.0. The predicted octanol–water partition coefficient (Wildman–Crippen LogP) is 3.41. The fourth-order valence-electron chi connectivity index (χ4n) is 1.63. The Bertz CT molecular complexity index is 409. The molecule has 0 saturated heterocycles. The van der Waals surface area contributed by atoms with Crippen molar-refractivity contribution in [3.8, 4) is 0 Å². The molecular weight excluding hydrogens is 243 g/mol. The molecule has 18 heavy (non-hydrogen) atoms. The summed E-state index contributed by atoms with van der Waals surface area (Å²) in [5, 5.41) is 0. The lowest BCUT2D eigenvalue weighted by molar-refractivity contribution is -0.170. The highest BCUT2D eigenvalue weighted by atomic mass is 19.4. The SMILES string of the molecule is CC(C)Cc1ccc(N(C)C(=O)C(F)(F)F)cc1. The molecule has 0 bridgehead atoms. The molecule has 0 fully saturated rings. The van der Waals surface area contributed by atoms with Crippen LogP contribution in [0.1, 0.15) is 19.4 Å². The van der Waals surface area contributed by atoms with E-state index < -0.39 is 12.1 Å². The van der Waals surface area contributed by atoms with Crippen LogP contribution in [-0.4, -0.2) is 19.1 Å². The zero-order valence-electron chi connectivity index (χ0n) is 10.6. The van der Waals surface area contributed by atoms with Crippen molar-refractivity contribution in [2.24, 2.45) is 5.92 Å². The van der Waals surface area contributed by atoms with Crippen molar-refractivity contribution in [2.75, 3.05) is 11.9 Å². The van der Waals surface area contributed by atoms with E-state index in [4.69, 9.17) is 0 Å². The molecule has 0 aliphatic heterocycles. The van der Waals surface area contributed by atoms with E-state index in [-0.39, 0.29) is 5.69 Å². The molecule has 1 aromatic rings. The Balaban J connectivity index is 2.82. The monoisotopic (exact) mass is 259 g/mol. The van der Waals surface area contributed by atoms with Gasteiger partial charge >= 0.3 is 12.1 Å². The van der Waals surface area contributed by atoms with Crippen LogP contribution in [0.4, 0.5) is 18.9 Å². The maximum Gasteiger partial charge on any atom is 0.471 e. The van der Waals surface area contributed by atoms with Gasteiger partial charge in [-0.05, 0) is 30.0 Å². The minimum absolute atomic E-state index is 0.241. The van der Waals surface area contributed by atoms with Gasteiger partial charge in [0.2, 0.25) is 0 Å². The van der Waals surface area contributed by atoms with Crippen LogP contribution in [-0.2, 0) is 11.2 Å². The van der Waals surface area contributed by atoms with Crippen LogP contribution in [0.3, 0.4) is 0 Å². The van der Waals surface area contributed by atoms with Crippen LogP contribution < -0.4 is 4.90 Å². The molecular formula is C13H16F3NO. The molecule has 0 aliphatic carbocycles. The fourth-order valence-corrected chi connectivity index (χ4v) is 1.63. The van der Waals surface area contributed by atoms with Crippen LogP contribution in [0.15, 0.2) is 24.3 Å². The third kappa shape index (κ3) is 3.75. The second-order valence-electron chi connectivity index (χ2n) is 4.63. The summed E-state index contributed by atoms with van der Waals surface area (Å²) in [6.07, 6.45) is -3.98. The van der Waals surface area contributed by atoms with Crippen molar-refractivity contribution < 1.29 is 18.0 Å². The molecule has 0 unspecified atom stereocenters. The zero-order chi connectivity index (χ0) is 13.9. The number of hydrogen-bond donors (Lipinski definition) is 0. The first kappa shape index (κ1) is 14.5. The standard InChI is InChI=1S/C13H16F3NO/c1-9(2)8-10-4-6-11(7-5-10)17(3)12(18)13(14,15)16/h4-7,9H,8H2,1-3H3. The molecule has 100 valence electrons. The largest absolute Gasteiger partial charge is 0.471 e. The van der Waals surface area contributed by atoms with Gasteiger partial charge in [0.15, 0.2) is 0 Å². The number of benzene rings is 1. The highest BCUT2D eigenvalue weighted by Gasteiger charge is 2.41. The Labute approximate surface area is 104 Å². The van der Waals surface area contributed by atoms with E-state index in [1.165, 1.54) is 12.1 Å². The van der Waals surface area contributed by atoms with Gasteiger partial charge in [0.25, 0.3) is 0 Å². The Kier molecular flexibility index (Phi) is 4.38. The van der Waals surface area contributed by atoms with Gasteiger partial charge < -0.3 is 4.90 Å². The van der Waals surface area contributed by atoms with Crippen LogP contribution in [0.25, 0.3) is 0 Å². The molecule has 0 N–H and O–H groups in total. The van der Waals surface area contributed by atoms with Gasteiger partial charge in [0.1, 0.15) is 0 Å². The number of alkyl halides is 3. The lowest BCUT2D eigenvalue weighted by Crippen LogP contribution is -2.38. The summed E-state index contributed by atoms with van der Waals surface area (Å²) in [5.41, 5.74) is 1.28. The Hall–Kier alpha value is -1.52. The summed E-state index contributed by atoms with van der Waals surface area (Å²) in [6.45, 7) is 4.13. The second-order valence-corrected chi connectivity index (χ2v) is 4.63. The van der Waals surface area contributed by atoms with E-state index in [0.29, 0.717) is 10.8 Å². The van der Waals surface area contributed by atoms with E-state index in [9.17, 15) is 18.0 Å². The zero-order valence-corrected chi connectivity index (χ0v) is 10.6. The number of carbonyl (C=O) groups is 1. The first-order chi connectivity index (χ1) is 8.21. The average Bonchev–Trinajstić information content (AvgIpc) is 2.26. The molecule has 5 heteroatoms. The minimum atomic E-state index is -4.84. The summed E-state index contributed by atoms with van der Waals surface area (Å²) in [4.78, 5) is 11.6. The van der Waals surface area contributed by atoms with Crippen LogP contribution in [0.2, 0.25) is 0 Å². The first-order valence-electron chi connectivity index (χ1n) is 5.65. The van der Waals surface area contributed by atoms with Gasteiger partial charge in [-0.25, -0.2) is 0 Å². The quantitative estimate of drug-likeness (QED) is 0.814. The molecule has 0 radical (unpaired) electrons. The number of hydrogen-bond acceptors (Lipinski definition) is 1. The van der Waals surface area contributed by atoms with Crippen molar-refractivity contribution >= 4 is 11.6 Å². The fraction of sp³-hybridized carbons (Fsp3) is 0.462. The highest BCUT2D eigenvalue weighted by Crippen LogP contribution is 2.23. The van der Waals surface area contributed by atoms with Gasteiger partial charge in [-0.15, -0.1) is 0 Å². The number of rotatable bonds is 3. The summed E-state index contributed by atoms with van der Waals surface area (Å²) in [5.74, 6) is -1.38. The van der Waals surface area contributed by atoms with Crippen molar-refractivity contribution in [3.05, 3.63) is 29.8 Å². The molecule has 0 atom stereocenters. The maximum absolute atomic E-state index is 12.2. The van der Waals surface area contributed by atoms with Gasteiger partial charge in [-0.2, -0.15) is 13.2 Å². The van der Waals surface area contributed by atoms with Crippen LogP contribution in [0.5, 0.6) is 0 Å². The van der Waals surface area contributed by atoms with Crippen molar-refractivity contribution in [1.82, 2.24) is 0 Å². The van der Waals surface area contributed by atoms with Crippen LogP contribution in [0, 0.1) is 5.92 Å². The Morgan fingerprint density at radius 2 is 1.72 bits per heavy atom. The van der Waals surface area contributed by atoms with Gasteiger partial charge in [0.05, 0.1) is 0 Å². The predicted molar refractivity (Wildman–Crippen MR) is 64.4 cm³/mol. The van der Waals surface area contributed by atoms with E-state index in [1.54, 1.807) is 12.1 Å². The van der Waals surface area contributed by atoms with Crippen molar-refractivity contribution in [3.63, 3.8) is 0 Å². The van der Waals surface area contributed by atoms with Crippen molar-refractivity contribution in [2.45, 2.75) is 26.4 Å². The molecule has 1 rings (SSSR count). The summed E-state index contributed by atoms with van der Waals surface area (Å²) in [6, 6.07) is 6.55. The van der Waals surface area contributed by atoms with Gasteiger partial charge in [0, 0.05) is 12.7 Å². The average molecular weight is 259 g/mol. The molecule has 0 aromatic heterocycles. The third-order valence-corrected chi connectivity index (χ3v) is 2.51. The third-order valence-electron chi connectivity index (χ3n) is 2.51. The number of carbonyl (C=O) groups excluding carboxylic acids is 1. The van der Waals surface area contributed by atoms with E-state index in [0.717, 1.165) is 19.0 Å². The molecule has 1 aromatic carbocycles. The van der Waals surface area contributed by atoms with Crippen molar-refractivity contribution in [1.29, 1.82) is 0 Å². The number of anilines is 1. The lowest BCUT2D eigenvalue weighted by Gasteiger charge is -2.19. The second kappa shape index (κ2) is 5.42. The topological polar surface area (TPSA) is 20.3 Å². The van der Waals surface area contributed by atoms with E-state index >= 15 is 0 Å². The molecule has 0 saturated carbocycles. The highest BCUT2D eigenvalue weighted by molar-refractivity contribution is 5.96. The summed E-state index contributed by atoms with van der Waals surface area (Å²) < 4.78 is 36.7. The van der Waals surface area contributed by atoms with E-state index in [2.05, 4.69) is 13.8 Å². The number of nitrogens with zero attached hydrogens (tertiary/aromatic N) is 1. The maximum atomic E-state index is 12.2. The normalized spacial score (nSPS) is 11.7. The summed E-state index contributed by atoms with van der Waals surface area (Å²) >= 11 is 0. The molecule has 2 nitrogen and oxygen atoms in total. The molecule has 0 aliphatic rings. The Morgan fingerprint density at radius 1 is 1.22 bits per heavy atom. The Morgan fingerprint density at radius 3 is 2.11 bits per heavy atom. The first-order valence-corrected chi connectivity index (χ1v) is 5.65. The number of halogens is 3. The van der Waals surface area contributed by atoms with Crippen LogP contribution >= 0.6 is 0 Å². The van der Waals surface area contributed by atoms with Gasteiger partial charge in [-0.1, -0.05) is 26.0 Å². The van der Waals surface area contributed by atoms with Gasteiger partial charge in [-0.3, -0.25) is 4.79 Å². The minimum Gasteiger partial charge on any atom is -0.308 e. The number of amides is 1. The summed E-state index contributed by atoms with van der Waals surface area (Å²) in [7, 11) is 1.12.